The van der Waals surface area contributed by atoms with Crippen LogP contribution in [-0.2, 0) is 6.54 Å². The first kappa shape index (κ1) is 32.4. The molecule has 3 rings (SSSR count). The number of hydrogen-bond acceptors (Lipinski definition) is 6. The number of carbonyl (C=O) groups is 1. The van der Waals surface area contributed by atoms with Gasteiger partial charge in [0.05, 0.1) is 54.9 Å². The van der Waals surface area contributed by atoms with Gasteiger partial charge < -0.3 is 24.9 Å². The molecule has 0 saturated carbocycles. The third kappa shape index (κ3) is 8.95. The molecule has 2 atom stereocenters. The van der Waals surface area contributed by atoms with Crippen molar-refractivity contribution in [3.63, 3.8) is 0 Å². The fourth-order valence-corrected chi connectivity index (χ4v) is 4.70. The number of nitriles is 1. The molecule has 2 aromatic carbocycles. The van der Waals surface area contributed by atoms with Gasteiger partial charge in [-0.05, 0) is 56.5 Å². The normalized spacial score (nSPS) is 13.3. The molecule has 1 amide bonds. The molecular weight excluding hydrogens is 550 g/mol. The molecule has 0 aliphatic heterocycles. The molecule has 220 valence electrons. The van der Waals surface area contributed by atoms with Gasteiger partial charge in [-0.3, -0.25) is 4.79 Å². The molecule has 1 aromatic heterocycles. The second kappa shape index (κ2) is 15.8. The first-order valence-corrected chi connectivity index (χ1v) is 14.1. The van der Waals surface area contributed by atoms with Crippen molar-refractivity contribution < 1.29 is 19.1 Å². The molecule has 1 heterocycles. The number of benzene rings is 2. The van der Waals surface area contributed by atoms with Crippen LogP contribution >= 0.6 is 11.6 Å². The average Bonchev–Trinajstić information content (AvgIpc) is 3.44. The molecule has 0 aliphatic rings. The molecule has 0 saturated heterocycles. The predicted octanol–water partition coefficient (Wildman–Crippen LogP) is 7.22. The second-order valence-corrected chi connectivity index (χ2v) is 10.6. The lowest BCUT2D eigenvalue weighted by Gasteiger charge is -2.18. The van der Waals surface area contributed by atoms with Crippen molar-refractivity contribution in [2.45, 2.75) is 52.2 Å². The summed E-state index contributed by atoms with van der Waals surface area (Å²) >= 11 is 6.50. The number of amides is 1. The molecule has 0 fully saturated rings. The maximum Gasteiger partial charge on any atom is 0.253 e. The molecular formula is C34H38ClN3O4. The molecule has 0 spiro atoms. The number of nitrogens with one attached hydrogen (secondary N) is 2. The van der Waals surface area contributed by atoms with Gasteiger partial charge >= 0.3 is 0 Å². The fraction of sp³-hybridized carbons (Fsp3) is 0.294. The predicted molar refractivity (Wildman–Crippen MR) is 167 cm³/mol. The van der Waals surface area contributed by atoms with Crippen molar-refractivity contribution in [1.29, 1.82) is 5.26 Å². The minimum atomic E-state index is -0.590. The minimum Gasteiger partial charge on any atom is -0.496 e. The average molecular weight is 588 g/mol. The molecule has 8 heteroatoms. The lowest BCUT2D eigenvalue weighted by atomic mass is 10.0. The van der Waals surface area contributed by atoms with E-state index in [-0.39, 0.29) is 29.7 Å². The zero-order chi connectivity index (χ0) is 30.6. The Hall–Kier alpha value is -4.09. The van der Waals surface area contributed by atoms with Crippen LogP contribution in [0.25, 0.3) is 11.3 Å². The Kier molecular flexibility index (Phi) is 12.2. The van der Waals surface area contributed by atoms with Gasteiger partial charge in [0.2, 0.25) is 0 Å². The van der Waals surface area contributed by atoms with Gasteiger partial charge in [-0.25, -0.2) is 0 Å². The first-order valence-electron chi connectivity index (χ1n) is 13.7. The van der Waals surface area contributed by atoms with Crippen molar-refractivity contribution in [1.82, 2.24) is 10.6 Å². The van der Waals surface area contributed by atoms with E-state index in [9.17, 15) is 9.90 Å². The highest BCUT2D eigenvalue weighted by Crippen LogP contribution is 2.36. The van der Waals surface area contributed by atoms with Gasteiger partial charge in [-0.1, -0.05) is 71.8 Å². The number of methoxy groups -OCH3 is 1. The maximum absolute atomic E-state index is 13.3. The monoisotopic (exact) mass is 587 g/mol. The number of aliphatic hydroxyl groups is 1. The zero-order valence-electron chi connectivity index (χ0n) is 24.5. The molecule has 0 aliphatic carbocycles. The standard InChI is InChI=1S/C34H38ClN3O4/c1-6-7-25(16-23(3)14-15-36)17-27(21-39)38-34(40)29-18-30(33(41-5)19-31(29)35)32-13-12-28(42-32)20-37-24(4)26-10-8-22(2)9-11-26/h6-13,16,18-19,24,27,37,39H,1,14,17,20-21H2,2-5H3,(H,38,40)/b23-16-,25-7+/t24?,27-/m1/s1. The van der Waals surface area contributed by atoms with Crippen molar-refractivity contribution in [2.24, 2.45) is 0 Å². The summed E-state index contributed by atoms with van der Waals surface area (Å²) in [5.41, 5.74) is 4.89. The summed E-state index contributed by atoms with van der Waals surface area (Å²) in [4.78, 5) is 13.3. The van der Waals surface area contributed by atoms with Gasteiger partial charge in [0.1, 0.15) is 17.3 Å². The van der Waals surface area contributed by atoms with E-state index in [1.807, 2.05) is 25.1 Å². The molecule has 1 unspecified atom stereocenters. The number of furan rings is 1. The van der Waals surface area contributed by atoms with Crippen LogP contribution in [0, 0.1) is 18.3 Å². The molecule has 3 N–H and O–H groups in total. The van der Waals surface area contributed by atoms with Crippen LogP contribution in [0.4, 0.5) is 0 Å². The third-order valence-electron chi connectivity index (χ3n) is 6.78. The highest BCUT2D eigenvalue weighted by molar-refractivity contribution is 6.34. The van der Waals surface area contributed by atoms with Crippen LogP contribution in [0.3, 0.4) is 0 Å². The molecule has 0 radical (unpaired) electrons. The molecule has 42 heavy (non-hydrogen) atoms. The summed E-state index contributed by atoms with van der Waals surface area (Å²) < 4.78 is 11.7. The Bertz CT molecular complexity index is 1480. The number of rotatable bonds is 14. The summed E-state index contributed by atoms with van der Waals surface area (Å²) in [5.74, 6) is 1.28. The Morgan fingerprint density at radius 3 is 2.62 bits per heavy atom. The number of allylic oxidation sites excluding steroid dienone is 4. The third-order valence-corrected chi connectivity index (χ3v) is 7.09. The number of aryl methyl sites for hydroxylation is 1. The quantitative estimate of drug-likeness (QED) is 0.172. The molecule has 0 bridgehead atoms. The Morgan fingerprint density at radius 2 is 1.98 bits per heavy atom. The largest absolute Gasteiger partial charge is 0.496 e. The van der Waals surface area contributed by atoms with E-state index < -0.39 is 11.9 Å². The summed E-state index contributed by atoms with van der Waals surface area (Å²) in [6.45, 7) is 9.98. The molecule has 3 aromatic rings. The van der Waals surface area contributed by atoms with E-state index >= 15 is 0 Å². The lowest BCUT2D eigenvalue weighted by molar-refractivity contribution is 0.0917. The van der Waals surface area contributed by atoms with Gasteiger partial charge in [-0.2, -0.15) is 5.26 Å². The Labute approximate surface area is 253 Å². The maximum atomic E-state index is 13.3. The fourth-order valence-electron chi connectivity index (χ4n) is 4.46. The van der Waals surface area contributed by atoms with E-state index in [0.717, 1.165) is 16.9 Å². The van der Waals surface area contributed by atoms with Crippen molar-refractivity contribution in [2.75, 3.05) is 13.7 Å². The first-order chi connectivity index (χ1) is 20.2. The van der Waals surface area contributed by atoms with E-state index in [1.165, 1.54) is 18.2 Å². The van der Waals surface area contributed by atoms with Crippen LogP contribution < -0.4 is 15.4 Å². The Morgan fingerprint density at radius 1 is 1.24 bits per heavy atom. The number of aliphatic hydroxyl groups excluding tert-OH is 1. The summed E-state index contributed by atoms with van der Waals surface area (Å²) in [5, 5.41) is 25.5. The zero-order valence-corrected chi connectivity index (χ0v) is 25.3. The second-order valence-electron chi connectivity index (χ2n) is 10.2. The van der Waals surface area contributed by atoms with Crippen LogP contribution in [0.1, 0.15) is 60.0 Å². The number of hydrogen-bond donors (Lipinski definition) is 3. The number of carbonyl (C=O) groups excluding carboxylic acids is 1. The van der Waals surface area contributed by atoms with Crippen molar-refractivity contribution in [3.05, 3.63) is 112 Å². The van der Waals surface area contributed by atoms with Crippen LogP contribution in [-0.4, -0.2) is 30.8 Å². The molecule has 7 nitrogen and oxygen atoms in total. The van der Waals surface area contributed by atoms with E-state index in [0.29, 0.717) is 30.0 Å². The minimum absolute atomic E-state index is 0.131. The van der Waals surface area contributed by atoms with Crippen LogP contribution in [0.15, 0.2) is 88.9 Å². The number of nitrogens with zero attached hydrogens (tertiary/aromatic N) is 1. The van der Waals surface area contributed by atoms with E-state index in [4.69, 9.17) is 26.0 Å². The topological polar surface area (TPSA) is 108 Å². The van der Waals surface area contributed by atoms with Crippen molar-refractivity contribution in [3.8, 4) is 23.1 Å². The number of halogens is 1. The van der Waals surface area contributed by atoms with E-state index in [1.54, 1.807) is 24.3 Å². The smallest absolute Gasteiger partial charge is 0.253 e. The summed E-state index contributed by atoms with van der Waals surface area (Å²) in [6.07, 6.45) is 5.91. The number of ether oxygens (including phenoxy) is 1. The van der Waals surface area contributed by atoms with E-state index in [2.05, 4.69) is 61.4 Å². The van der Waals surface area contributed by atoms with Crippen LogP contribution in [0.2, 0.25) is 5.02 Å². The van der Waals surface area contributed by atoms with Gasteiger partial charge in [0.25, 0.3) is 5.91 Å². The summed E-state index contributed by atoms with van der Waals surface area (Å²) in [7, 11) is 1.53. The highest BCUT2D eigenvalue weighted by Gasteiger charge is 2.21. The highest BCUT2D eigenvalue weighted by atomic mass is 35.5. The summed E-state index contributed by atoms with van der Waals surface area (Å²) in [6, 6.07) is 17.0. The van der Waals surface area contributed by atoms with Crippen molar-refractivity contribution >= 4 is 17.5 Å². The van der Waals surface area contributed by atoms with Gasteiger partial charge in [0, 0.05) is 12.1 Å². The lowest BCUT2D eigenvalue weighted by Crippen LogP contribution is -2.38. The van der Waals surface area contributed by atoms with Gasteiger partial charge in [-0.15, -0.1) is 0 Å². The van der Waals surface area contributed by atoms with Gasteiger partial charge in [0.15, 0.2) is 0 Å². The Balaban J connectivity index is 1.78. The van der Waals surface area contributed by atoms with Crippen LogP contribution in [0.5, 0.6) is 5.75 Å². The SMILES string of the molecule is C=C/C=C(\C=C(\C)CC#N)C[C@H](CO)NC(=O)c1cc(-c2ccc(CNC(C)c3ccc(C)cc3)o2)c(OC)cc1Cl.